The van der Waals surface area contributed by atoms with Crippen molar-refractivity contribution < 1.29 is 14.6 Å². The topological polar surface area (TPSA) is 60.2 Å². The van der Waals surface area contributed by atoms with Crippen molar-refractivity contribution in [1.29, 1.82) is 0 Å². The molecule has 2 aromatic heterocycles. The van der Waals surface area contributed by atoms with Crippen LogP contribution >= 0.6 is 0 Å². The molecule has 1 aromatic carbocycles. The van der Waals surface area contributed by atoms with Crippen molar-refractivity contribution in [1.82, 2.24) is 4.40 Å². The SMILES string of the molecule is COc1cc2c(O)cn3ccc(=O)cc3c2cc1OC. The van der Waals surface area contributed by atoms with Crippen LogP contribution in [0.15, 0.2) is 41.5 Å². The van der Waals surface area contributed by atoms with Gasteiger partial charge in [-0.2, -0.15) is 0 Å². The molecule has 0 spiro atoms. The Hall–Kier alpha value is -2.69. The Labute approximate surface area is 114 Å². The molecular formula is C15H13NO4. The van der Waals surface area contributed by atoms with Gasteiger partial charge in [-0.1, -0.05) is 0 Å². The molecule has 0 aliphatic rings. The summed E-state index contributed by atoms with van der Waals surface area (Å²) in [5.41, 5.74) is 0.609. The van der Waals surface area contributed by atoms with Crippen LogP contribution in [-0.2, 0) is 0 Å². The van der Waals surface area contributed by atoms with Crippen LogP contribution in [0.3, 0.4) is 0 Å². The summed E-state index contributed by atoms with van der Waals surface area (Å²) in [5.74, 6) is 1.18. The average Bonchev–Trinajstić information content (AvgIpc) is 2.47. The highest BCUT2D eigenvalue weighted by Crippen LogP contribution is 2.37. The van der Waals surface area contributed by atoms with Crippen LogP contribution in [0.1, 0.15) is 0 Å². The maximum absolute atomic E-state index is 11.6. The Morgan fingerprint density at radius 3 is 2.35 bits per heavy atom. The van der Waals surface area contributed by atoms with Crippen molar-refractivity contribution in [3.8, 4) is 17.2 Å². The molecule has 5 nitrogen and oxygen atoms in total. The quantitative estimate of drug-likeness (QED) is 0.726. The minimum absolute atomic E-state index is 0.0909. The third-order valence-electron chi connectivity index (χ3n) is 3.29. The first-order chi connectivity index (χ1) is 9.63. The first-order valence-corrected chi connectivity index (χ1v) is 6.04. The smallest absolute Gasteiger partial charge is 0.182 e. The van der Waals surface area contributed by atoms with Gasteiger partial charge < -0.3 is 19.0 Å². The number of ether oxygens (including phenoxy) is 2. The van der Waals surface area contributed by atoms with Gasteiger partial charge in [0.15, 0.2) is 16.9 Å². The zero-order valence-corrected chi connectivity index (χ0v) is 11.1. The summed E-state index contributed by atoms with van der Waals surface area (Å²) in [5, 5.41) is 11.5. The van der Waals surface area contributed by atoms with Gasteiger partial charge in [0.1, 0.15) is 5.75 Å². The summed E-state index contributed by atoms with van der Waals surface area (Å²) in [7, 11) is 3.08. The molecule has 0 atom stereocenters. The van der Waals surface area contributed by atoms with E-state index in [0.717, 1.165) is 5.39 Å². The lowest BCUT2D eigenvalue weighted by atomic mass is 10.1. The number of hydrogen-bond acceptors (Lipinski definition) is 4. The number of pyridine rings is 2. The number of hydrogen-bond donors (Lipinski definition) is 1. The van der Waals surface area contributed by atoms with Crippen molar-refractivity contribution in [3.63, 3.8) is 0 Å². The molecule has 0 amide bonds. The van der Waals surface area contributed by atoms with E-state index in [4.69, 9.17) is 9.47 Å². The summed E-state index contributed by atoms with van der Waals surface area (Å²) in [4.78, 5) is 11.6. The summed E-state index contributed by atoms with van der Waals surface area (Å²) in [6.07, 6.45) is 3.18. The van der Waals surface area contributed by atoms with Crippen molar-refractivity contribution in [3.05, 3.63) is 46.9 Å². The highest BCUT2D eigenvalue weighted by Gasteiger charge is 2.12. The Kier molecular flexibility index (Phi) is 2.75. The monoisotopic (exact) mass is 271 g/mol. The lowest BCUT2D eigenvalue weighted by Crippen LogP contribution is -2.01. The third-order valence-corrected chi connectivity index (χ3v) is 3.29. The molecule has 0 saturated carbocycles. The van der Waals surface area contributed by atoms with Crippen LogP contribution < -0.4 is 14.9 Å². The highest BCUT2D eigenvalue weighted by atomic mass is 16.5. The Bertz CT molecular complexity index is 867. The van der Waals surface area contributed by atoms with Gasteiger partial charge in [-0.25, -0.2) is 0 Å². The zero-order chi connectivity index (χ0) is 14.3. The molecule has 0 aliphatic heterocycles. The van der Waals surface area contributed by atoms with Crippen LogP contribution in [0.4, 0.5) is 0 Å². The first kappa shape index (κ1) is 12.3. The average molecular weight is 271 g/mol. The Morgan fingerprint density at radius 1 is 1.05 bits per heavy atom. The molecule has 0 fully saturated rings. The van der Waals surface area contributed by atoms with Gasteiger partial charge in [-0.3, -0.25) is 4.79 Å². The van der Waals surface area contributed by atoms with Crippen molar-refractivity contribution in [2.75, 3.05) is 14.2 Å². The van der Waals surface area contributed by atoms with Gasteiger partial charge in [0.2, 0.25) is 0 Å². The molecule has 5 heteroatoms. The molecule has 0 radical (unpaired) electrons. The predicted molar refractivity (Wildman–Crippen MR) is 75.9 cm³/mol. The fourth-order valence-corrected chi connectivity index (χ4v) is 2.32. The van der Waals surface area contributed by atoms with E-state index < -0.39 is 0 Å². The number of rotatable bonds is 2. The van der Waals surface area contributed by atoms with E-state index in [0.29, 0.717) is 22.4 Å². The number of nitrogens with zero attached hydrogens (tertiary/aromatic N) is 1. The highest BCUT2D eigenvalue weighted by molar-refractivity contribution is 6.01. The Balaban J connectivity index is 2.53. The predicted octanol–water partition coefficient (Wildman–Crippen LogP) is 2.18. The van der Waals surface area contributed by atoms with E-state index in [2.05, 4.69) is 0 Å². The summed E-state index contributed by atoms with van der Waals surface area (Å²) < 4.78 is 12.2. The zero-order valence-electron chi connectivity index (χ0n) is 11.1. The number of aromatic hydroxyl groups is 1. The molecule has 102 valence electrons. The molecule has 20 heavy (non-hydrogen) atoms. The van der Waals surface area contributed by atoms with Gasteiger partial charge in [0.05, 0.1) is 25.9 Å². The van der Waals surface area contributed by atoms with Crippen LogP contribution in [0.5, 0.6) is 17.2 Å². The van der Waals surface area contributed by atoms with Crippen LogP contribution in [0.2, 0.25) is 0 Å². The molecule has 0 unspecified atom stereocenters. The minimum atomic E-state index is -0.0909. The second-order valence-corrected chi connectivity index (χ2v) is 4.42. The maximum Gasteiger partial charge on any atom is 0.182 e. The maximum atomic E-state index is 11.6. The van der Waals surface area contributed by atoms with Crippen molar-refractivity contribution in [2.24, 2.45) is 0 Å². The van der Waals surface area contributed by atoms with E-state index >= 15 is 0 Å². The Morgan fingerprint density at radius 2 is 1.70 bits per heavy atom. The molecule has 2 heterocycles. The fraction of sp³-hybridized carbons (Fsp3) is 0.133. The lowest BCUT2D eigenvalue weighted by molar-refractivity contribution is 0.355. The second-order valence-electron chi connectivity index (χ2n) is 4.42. The van der Waals surface area contributed by atoms with E-state index in [-0.39, 0.29) is 11.2 Å². The molecule has 0 saturated heterocycles. The second kappa shape index (κ2) is 4.45. The molecule has 3 aromatic rings. The van der Waals surface area contributed by atoms with Gasteiger partial charge in [0, 0.05) is 29.1 Å². The van der Waals surface area contributed by atoms with Crippen LogP contribution in [0, 0.1) is 0 Å². The summed E-state index contributed by atoms with van der Waals surface area (Å²) in [6.45, 7) is 0. The fourth-order valence-electron chi connectivity index (χ4n) is 2.32. The summed E-state index contributed by atoms with van der Waals surface area (Å²) in [6, 6.07) is 6.41. The van der Waals surface area contributed by atoms with E-state index in [1.54, 1.807) is 36.0 Å². The van der Waals surface area contributed by atoms with E-state index in [1.165, 1.54) is 19.2 Å². The number of fused-ring (bicyclic) bond motifs is 3. The molecule has 3 rings (SSSR count). The normalized spacial score (nSPS) is 10.9. The number of aromatic nitrogens is 1. The lowest BCUT2D eigenvalue weighted by Gasteiger charge is -2.12. The van der Waals surface area contributed by atoms with E-state index in [1.807, 2.05) is 0 Å². The first-order valence-electron chi connectivity index (χ1n) is 6.04. The van der Waals surface area contributed by atoms with Crippen molar-refractivity contribution in [2.45, 2.75) is 0 Å². The standard InChI is InChI=1S/C15H13NO4/c1-19-14-6-10-11(7-15(14)20-2)13(18)8-16-4-3-9(17)5-12(10)16/h3-8,18H,1-2H3. The molecular weight excluding hydrogens is 258 g/mol. The molecule has 1 N–H and O–H groups in total. The van der Waals surface area contributed by atoms with Gasteiger partial charge >= 0.3 is 0 Å². The number of methoxy groups -OCH3 is 2. The minimum Gasteiger partial charge on any atom is -0.506 e. The number of benzene rings is 1. The molecule has 0 aliphatic carbocycles. The van der Waals surface area contributed by atoms with E-state index in [9.17, 15) is 9.90 Å². The van der Waals surface area contributed by atoms with Gasteiger partial charge in [-0.15, -0.1) is 0 Å². The van der Waals surface area contributed by atoms with Crippen molar-refractivity contribution >= 4 is 16.3 Å². The van der Waals surface area contributed by atoms with Gasteiger partial charge in [-0.05, 0) is 12.1 Å². The van der Waals surface area contributed by atoms with Gasteiger partial charge in [0.25, 0.3) is 0 Å². The van der Waals surface area contributed by atoms with Crippen LogP contribution in [-0.4, -0.2) is 23.7 Å². The summed E-state index contributed by atoms with van der Waals surface area (Å²) >= 11 is 0. The largest absolute Gasteiger partial charge is 0.506 e. The third kappa shape index (κ3) is 1.75. The molecule has 0 bridgehead atoms. The van der Waals surface area contributed by atoms with Crippen LogP contribution in [0.25, 0.3) is 16.3 Å².